The van der Waals surface area contributed by atoms with Gasteiger partial charge in [-0.25, -0.2) is 0 Å². The molecule has 0 saturated carbocycles. The molecule has 0 heterocycles. The highest BCUT2D eigenvalue weighted by atomic mass is 16.4. The lowest BCUT2D eigenvalue weighted by Gasteiger charge is -2.07. The largest absolute Gasteiger partial charge is 0.481 e. The van der Waals surface area contributed by atoms with Crippen molar-refractivity contribution in [3.05, 3.63) is 0 Å². The van der Waals surface area contributed by atoms with Crippen LogP contribution in [0.15, 0.2) is 0 Å². The molecular weight excluding hydrogens is 244 g/mol. The zero-order valence-corrected chi connectivity index (χ0v) is 10.4. The zero-order chi connectivity index (χ0) is 14.9. The van der Waals surface area contributed by atoms with Crippen molar-refractivity contribution in [1.82, 2.24) is 0 Å². The van der Waals surface area contributed by atoms with Gasteiger partial charge in [-0.3, -0.25) is 14.4 Å². The highest BCUT2D eigenvalue weighted by Crippen LogP contribution is 2.01. The van der Waals surface area contributed by atoms with Gasteiger partial charge in [-0.1, -0.05) is 13.8 Å². The van der Waals surface area contributed by atoms with E-state index in [1.807, 2.05) is 13.8 Å². The van der Waals surface area contributed by atoms with E-state index in [-0.39, 0.29) is 0 Å². The van der Waals surface area contributed by atoms with E-state index in [2.05, 4.69) is 0 Å². The highest BCUT2D eigenvalue weighted by molar-refractivity contribution is 5.80. The molecule has 0 saturated heterocycles. The third-order valence-electron chi connectivity index (χ3n) is 1.75. The van der Waals surface area contributed by atoms with E-state index in [1.165, 1.54) is 0 Å². The molecule has 0 aromatic carbocycles. The number of rotatable bonds is 6. The van der Waals surface area contributed by atoms with Crippen LogP contribution in [0, 0.1) is 5.92 Å². The molecule has 0 aliphatic rings. The lowest BCUT2D eigenvalue weighted by Crippen LogP contribution is -2.32. The first-order valence-electron chi connectivity index (χ1n) is 5.26. The molecule has 106 valence electrons. The van der Waals surface area contributed by atoms with E-state index in [0.29, 0.717) is 12.3 Å². The number of hydrogen-bond donors (Lipinski definition) is 5. The summed E-state index contributed by atoms with van der Waals surface area (Å²) in [5.74, 6) is -3.05. The van der Waals surface area contributed by atoms with Crippen molar-refractivity contribution in [3.8, 4) is 0 Å². The first kappa shape index (κ1) is 18.7. The lowest BCUT2D eigenvalue weighted by atomic mass is 10.1. The Kier molecular flexibility index (Phi) is 9.73. The van der Waals surface area contributed by atoms with Crippen LogP contribution < -0.4 is 11.5 Å². The van der Waals surface area contributed by atoms with Crippen molar-refractivity contribution in [2.75, 3.05) is 0 Å². The topological polar surface area (TPSA) is 164 Å². The van der Waals surface area contributed by atoms with Crippen molar-refractivity contribution in [2.24, 2.45) is 17.4 Å². The summed E-state index contributed by atoms with van der Waals surface area (Å²) in [4.78, 5) is 29.7. The summed E-state index contributed by atoms with van der Waals surface area (Å²) in [5.41, 5.74) is 10.1. The van der Waals surface area contributed by atoms with Gasteiger partial charge in [-0.15, -0.1) is 0 Å². The van der Waals surface area contributed by atoms with Gasteiger partial charge < -0.3 is 26.8 Å². The molecule has 18 heavy (non-hydrogen) atoms. The molecule has 7 N–H and O–H groups in total. The number of carbonyl (C=O) groups is 3. The van der Waals surface area contributed by atoms with Crippen molar-refractivity contribution in [1.29, 1.82) is 0 Å². The Labute approximate surface area is 105 Å². The maximum atomic E-state index is 10.1. The van der Waals surface area contributed by atoms with E-state index in [9.17, 15) is 14.4 Å². The van der Waals surface area contributed by atoms with Gasteiger partial charge in [-0.2, -0.15) is 0 Å². The number of aliphatic carboxylic acids is 3. The molecule has 8 heteroatoms. The van der Waals surface area contributed by atoms with Gasteiger partial charge in [0.15, 0.2) is 0 Å². The van der Waals surface area contributed by atoms with Gasteiger partial charge in [0.2, 0.25) is 0 Å². The molecule has 0 bridgehead atoms. The van der Waals surface area contributed by atoms with Gasteiger partial charge in [0.1, 0.15) is 12.1 Å². The molecule has 0 aromatic rings. The van der Waals surface area contributed by atoms with Crippen LogP contribution >= 0.6 is 0 Å². The highest BCUT2D eigenvalue weighted by Gasteiger charge is 2.14. The van der Waals surface area contributed by atoms with Crippen LogP contribution in [0.1, 0.15) is 26.7 Å². The molecule has 0 spiro atoms. The zero-order valence-electron chi connectivity index (χ0n) is 10.4. The summed E-state index contributed by atoms with van der Waals surface area (Å²) in [6.07, 6.45) is 0.0185. The fourth-order valence-electron chi connectivity index (χ4n) is 0.884. The van der Waals surface area contributed by atoms with E-state index >= 15 is 0 Å². The van der Waals surface area contributed by atoms with Gasteiger partial charge >= 0.3 is 17.9 Å². The van der Waals surface area contributed by atoms with Crippen molar-refractivity contribution < 1.29 is 29.7 Å². The van der Waals surface area contributed by atoms with Crippen LogP contribution in [0.5, 0.6) is 0 Å². The van der Waals surface area contributed by atoms with Gasteiger partial charge in [0.05, 0.1) is 6.42 Å². The molecule has 0 fully saturated rings. The van der Waals surface area contributed by atoms with Crippen LogP contribution in [0.2, 0.25) is 0 Å². The predicted octanol–water partition coefficient (Wildman–Crippen LogP) is -0.683. The minimum atomic E-state index is -1.29. The lowest BCUT2D eigenvalue weighted by molar-refractivity contribution is -0.144. The van der Waals surface area contributed by atoms with Crippen molar-refractivity contribution in [3.63, 3.8) is 0 Å². The summed E-state index contributed by atoms with van der Waals surface area (Å²) >= 11 is 0. The maximum Gasteiger partial charge on any atom is 0.321 e. The van der Waals surface area contributed by atoms with E-state index in [1.54, 1.807) is 0 Å². The minimum Gasteiger partial charge on any atom is -0.481 e. The summed E-state index contributed by atoms with van der Waals surface area (Å²) in [7, 11) is 0. The minimum absolute atomic E-state index is 0.357. The summed E-state index contributed by atoms with van der Waals surface area (Å²) in [6.45, 7) is 3.89. The normalized spacial score (nSPS) is 13.2. The maximum absolute atomic E-state index is 10.1. The smallest absolute Gasteiger partial charge is 0.321 e. The number of hydrogen-bond acceptors (Lipinski definition) is 5. The van der Waals surface area contributed by atoms with E-state index < -0.39 is 36.4 Å². The predicted molar refractivity (Wildman–Crippen MR) is 62.9 cm³/mol. The van der Waals surface area contributed by atoms with Crippen LogP contribution in [0.3, 0.4) is 0 Å². The number of carboxylic acids is 3. The van der Waals surface area contributed by atoms with Crippen LogP contribution in [0.25, 0.3) is 0 Å². The molecule has 2 atom stereocenters. The summed E-state index contributed by atoms with van der Waals surface area (Å²) < 4.78 is 0. The molecule has 0 aliphatic heterocycles. The number of carboxylic acid groups (broad SMARTS) is 3. The van der Waals surface area contributed by atoms with E-state index in [0.717, 1.165) is 0 Å². The average molecular weight is 264 g/mol. The van der Waals surface area contributed by atoms with Crippen LogP contribution in [-0.4, -0.2) is 45.3 Å². The Hall–Kier alpha value is -1.67. The first-order valence-corrected chi connectivity index (χ1v) is 5.26. The molecule has 0 aliphatic carbocycles. The molecular formula is C10H20N2O6. The third-order valence-corrected chi connectivity index (χ3v) is 1.75. The van der Waals surface area contributed by atoms with E-state index in [4.69, 9.17) is 26.8 Å². The van der Waals surface area contributed by atoms with Gasteiger partial charge in [0.25, 0.3) is 0 Å². The number of nitrogens with two attached hydrogens (primary N) is 2. The molecule has 0 rings (SSSR count). The van der Waals surface area contributed by atoms with Gasteiger partial charge in [0, 0.05) is 0 Å². The van der Waals surface area contributed by atoms with Crippen LogP contribution in [0.4, 0.5) is 0 Å². The Bertz CT molecular complexity index is 292. The molecule has 0 radical (unpaired) electrons. The second kappa shape index (κ2) is 9.37. The fourth-order valence-corrected chi connectivity index (χ4v) is 0.884. The Morgan fingerprint density at radius 2 is 1.33 bits per heavy atom. The second-order valence-corrected chi connectivity index (χ2v) is 4.12. The summed E-state index contributed by atoms with van der Waals surface area (Å²) in [6, 6.07) is -1.98. The SMILES string of the molecule is CC(C)CC(N)C(=O)O.NC(CC(=O)O)C(=O)O. The molecule has 0 amide bonds. The van der Waals surface area contributed by atoms with Crippen LogP contribution in [-0.2, 0) is 14.4 Å². The van der Waals surface area contributed by atoms with Gasteiger partial charge in [-0.05, 0) is 12.3 Å². The average Bonchev–Trinajstić information content (AvgIpc) is 2.16. The van der Waals surface area contributed by atoms with Crippen molar-refractivity contribution >= 4 is 17.9 Å². The quantitative estimate of drug-likeness (QED) is 0.421. The molecule has 2 unspecified atom stereocenters. The Morgan fingerprint density at radius 3 is 1.44 bits per heavy atom. The standard InChI is InChI=1S/C6H13NO2.C4H7NO4/c1-4(2)3-5(7)6(8)9;5-2(4(8)9)1-3(6)7/h4-5H,3,7H2,1-2H3,(H,8,9);2H,1,5H2,(H,6,7)(H,8,9). The van der Waals surface area contributed by atoms with Crippen molar-refractivity contribution in [2.45, 2.75) is 38.8 Å². The monoisotopic (exact) mass is 264 g/mol. The summed E-state index contributed by atoms with van der Waals surface area (Å²) in [5, 5.41) is 24.3. The first-order chi connectivity index (χ1) is 8.07. The molecule has 8 nitrogen and oxygen atoms in total. The third kappa shape index (κ3) is 12.4. The Balaban J connectivity index is 0. The Morgan fingerprint density at radius 1 is 0.944 bits per heavy atom. The molecule has 0 aromatic heterocycles. The fraction of sp³-hybridized carbons (Fsp3) is 0.700. The second-order valence-electron chi connectivity index (χ2n) is 4.12.